The highest BCUT2D eigenvalue weighted by Crippen LogP contribution is 2.26. The highest BCUT2D eigenvalue weighted by molar-refractivity contribution is 8.19. The van der Waals surface area contributed by atoms with Gasteiger partial charge in [0.2, 0.25) is 5.69 Å². The number of hydrogen-bond acceptors (Lipinski definition) is 4. The van der Waals surface area contributed by atoms with Crippen LogP contribution in [0.1, 0.15) is 25.3 Å². The van der Waals surface area contributed by atoms with Crippen molar-refractivity contribution in [3.05, 3.63) is 41.6 Å². The first-order valence-corrected chi connectivity index (χ1v) is 9.28. The SMILES string of the molecule is CC1=C[C@@H](OS(=O)(=O)C2=S=CCC2)[N+](c2ccc(C)cc2)=N1. The van der Waals surface area contributed by atoms with E-state index in [9.17, 15) is 8.42 Å². The zero-order valence-corrected chi connectivity index (χ0v) is 14.0. The zero-order valence-electron chi connectivity index (χ0n) is 12.4. The summed E-state index contributed by atoms with van der Waals surface area (Å²) >= 11 is 0. The van der Waals surface area contributed by atoms with E-state index in [1.165, 1.54) is 10.9 Å². The second kappa shape index (κ2) is 5.91. The summed E-state index contributed by atoms with van der Waals surface area (Å²) in [5.41, 5.74) is 2.66. The van der Waals surface area contributed by atoms with Gasteiger partial charge in [0.1, 0.15) is 9.89 Å². The summed E-state index contributed by atoms with van der Waals surface area (Å²) in [5, 5.41) is 6.24. The average Bonchev–Trinajstić information content (AvgIpc) is 3.09. The predicted molar refractivity (Wildman–Crippen MR) is 89.0 cm³/mol. The first kappa shape index (κ1) is 15.3. The van der Waals surface area contributed by atoms with Crippen LogP contribution in [0, 0.1) is 6.92 Å². The summed E-state index contributed by atoms with van der Waals surface area (Å²) in [6.07, 6.45) is 2.25. The van der Waals surface area contributed by atoms with E-state index in [4.69, 9.17) is 4.18 Å². The van der Waals surface area contributed by atoms with Gasteiger partial charge in [0, 0.05) is 18.2 Å². The van der Waals surface area contributed by atoms with Gasteiger partial charge in [0.25, 0.3) is 0 Å². The van der Waals surface area contributed by atoms with Crippen molar-refractivity contribution < 1.29 is 17.3 Å². The zero-order chi connectivity index (χ0) is 15.7. The Bertz CT molecular complexity index is 830. The molecule has 0 spiro atoms. The van der Waals surface area contributed by atoms with Crippen LogP contribution >= 0.6 is 10.9 Å². The highest BCUT2D eigenvalue weighted by Gasteiger charge is 2.36. The second-order valence-electron chi connectivity index (χ2n) is 5.22. The van der Waals surface area contributed by atoms with Crippen molar-refractivity contribution in [2.45, 2.75) is 32.9 Å². The van der Waals surface area contributed by atoms with Crippen molar-refractivity contribution in [2.75, 3.05) is 0 Å². The van der Waals surface area contributed by atoms with Crippen molar-refractivity contribution in [3.63, 3.8) is 0 Å². The fourth-order valence-electron chi connectivity index (χ4n) is 2.26. The molecule has 3 rings (SSSR count). The Hall–Kier alpha value is -1.57. The Morgan fingerprint density at radius 1 is 1.27 bits per heavy atom. The summed E-state index contributed by atoms with van der Waals surface area (Å²) in [7, 11) is -2.47. The molecule has 0 N–H and O–H groups in total. The van der Waals surface area contributed by atoms with Crippen LogP contribution in [0.3, 0.4) is 0 Å². The van der Waals surface area contributed by atoms with Crippen LogP contribution in [0.4, 0.5) is 5.69 Å². The molecule has 2 aliphatic heterocycles. The molecule has 0 unspecified atom stereocenters. The topological polar surface area (TPSA) is 58.7 Å². The van der Waals surface area contributed by atoms with Crippen LogP contribution in [-0.4, -0.2) is 28.9 Å². The molecule has 1 aromatic rings. The number of azo groups is 2. The monoisotopic (exact) mass is 337 g/mol. The minimum absolute atomic E-state index is 0.370. The number of aryl methyl sites for hydroxylation is 1. The van der Waals surface area contributed by atoms with Crippen LogP contribution in [0.5, 0.6) is 0 Å². The lowest BCUT2D eigenvalue weighted by molar-refractivity contribution is -0.566. The van der Waals surface area contributed by atoms with E-state index in [0.29, 0.717) is 10.6 Å². The number of rotatable bonds is 3. The van der Waals surface area contributed by atoms with Gasteiger partial charge in [-0.1, -0.05) is 22.4 Å². The molecule has 0 radical (unpaired) electrons. The molecule has 0 saturated carbocycles. The van der Waals surface area contributed by atoms with Crippen molar-refractivity contribution in [1.29, 1.82) is 0 Å². The average molecular weight is 337 g/mol. The quantitative estimate of drug-likeness (QED) is 0.484. The minimum Gasteiger partial charge on any atom is -0.193 e. The maximum absolute atomic E-state index is 12.3. The second-order valence-corrected chi connectivity index (χ2v) is 8.14. The molecule has 22 heavy (non-hydrogen) atoms. The molecule has 2 aliphatic rings. The molecular formula is C15H17N2O3S2+. The van der Waals surface area contributed by atoms with Gasteiger partial charge in [-0.15, -0.1) is 10.9 Å². The molecule has 0 amide bonds. The number of nitrogens with zero attached hydrogens (tertiary/aromatic N) is 2. The van der Waals surface area contributed by atoms with Crippen LogP contribution in [-0.2, 0) is 14.3 Å². The largest absolute Gasteiger partial charge is 0.325 e. The van der Waals surface area contributed by atoms with Gasteiger partial charge in [-0.2, -0.15) is 12.6 Å². The van der Waals surface area contributed by atoms with Gasteiger partial charge >= 0.3 is 16.3 Å². The molecule has 7 heteroatoms. The van der Waals surface area contributed by atoms with Gasteiger partial charge in [0.15, 0.2) is 0 Å². The lowest BCUT2D eigenvalue weighted by Gasteiger charge is -2.08. The van der Waals surface area contributed by atoms with Gasteiger partial charge < -0.3 is 0 Å². The predicted octanol–water partition coefficient (Wildman–Crippen LogP) is 3.14. The van der Waals surface area contributed by atoms with Crippen LogP contribution in [0.25, 0.3) is 0 Å². The molecule has 2 heterocycles. The Labute approximate surface area is 133 Å². The van der Waals surface area contributed by atoms with Crippen LogP contribution < -0.4 is 0 Å². The first-order valence-electron chi connectivity index (χ1n) is 6.99. The molecular weight excluding hydrogens is 320 g/mol. The normalized spacial score (nSPS) is 21.2. The van der Waals surface area contributed by atoms with Gasteiger partial charge in [0.05, 0.1) is 0 Å². The van der Waals surface area contributed by atoms with Crippen molar-refractivity contribution in [2.24, 2.45) is 5.11 Å². The minimum atomic E-state index is -3.71. The molecule has 0 aliphatic carbocycles. The van der Waals surface area contributed by atoms with E-state index < -0.39 is 16.3 Å². The van der Waals surface area contributed by atoms with Gasteiger partial charge in [-0.25, -0.2) is 0 Å². The highest BCUT2D eigenvalue weighted by atomic mass is 32.2. The summed E-state index contributed by atoms with van der Waals surface area (Å²) in [6, 6.07) is 7.72. The fourth-order valence-corrected chi connectivity index (χ4v) is 4.59. The third-order valence-electron chi connectivity index (χ3n) is 3.37. The smallest absolute Gasteiger partial charge is 0.193 e. The Morgan fingerprint density at radius 2 is 2.00 bits per heavy atom. The molecule has 116 valence electrons. The Morgan fingerprint density at radius 3 is 2.64 bits per heavy atom. The van der Waals surface area contributed by atoms with E-state index in [-0.39, 0.29) is 0 Å². The Kier molecular flexibility index (Phi) is 4.12. The molecule has 0 bridgehead atoms. The standard InChI is InChI=1S/C15H17N2O3S2/c1-11-5-7-13(8-6-11)17-14(10-12(2)16-17)20-22(18,19)15-4-3-9-21-15/h5-10,14H,3-4H2,1-2H3/q+1/t14-/m1/s1. The third kappa shape index (κ3) is 3.11. The van der Waals surface area contributed by atoms with Crippen molar-refractivity contribution >= 4 is 36.3 Å². The maximum Gasteiger partial charge on any atom is 0.325 e. The molecule has 0 saturated heterocycles. The van der Waals surface area contributed by atoms with Crippen LogP contribution in [0.2, 0.25) is 0 Å². The van der Waals surface area contributed by atoms with Crippen molar-refractivity contribution in [3.8, 4) is 0 Å². The third-order valence-corrected chi connectivity index (χ3v) is 6.36. The van der Waals surface area contributed by atoms with E-state index in [0.717, 1.165) is 23.4 Å². The molecule has 1 atom stereocenters. The van der Waals surface area contributed by atoms with E-state index in [1.54, 1.807) is 10.8 Å². The Balaban J connectivity index is 1.88. The summed E-state index contributed by atoms with van der Waals surface area (Å²) in [4.78, 5) is 0. The summed E-state index contributed by atoms with van der Waals surface area (Å²) in [5.74, 6) is 0. The van der Waals surface area contributed by atoms with Gasteiger partial charge in [-0.05, 0) is 37.2 Å². The lowest BCUT2D eigenvalue weighted by atomic mass is 10.2. The number of benzene rings is 1. The van der Waals surface area contributed by atoms with Crippen molar-refractivity contribution in [1.82, 2.24) is 0 Å². The van der Waals surface area contributed by atoms with E-state index in [2.05, 4.69) is 5.11 Å². The molecule has 0 aromatic heterocycles. The number of allylic oxidation sites excluding steroid dienone is 1. The maximum atomic E-state index is 12.3. The molecule has 0 fully saturated rings. The van der Waals surface area contributed by atoms with E-state index in [1.807, 2.05) is 43.5 Å². The van der Waals surface area contributed by atoms with Gasteiger partial charge in [-0.3, -0.25) is 0 Å². The summed E-state index contributed by atoms with van der Waals surface area (Å²) < 4.78 is 32.0. The first-order chi connectivity index (χ1) is 10.5. The molecule has 5 nitrogen and oxygen atoms in total. The molecule has 1 aromatic carbocycles. The summed E-state index contributed by atoms with van der Waals surface area (Å²) in [6.45, 7) is 3.82. The number of hydrogen-bond donors (Lipinski definition) is 0. The fraction of sp³-hybridized carbons (Fsp3) is 0.333. The lowest BCUT2D eigenvalue weighted by Crippen LogP contribution is -2.27. The van der Waals surface area contributed by atoms with E-state index >= 15 is 0 Å². The van der Waals surface area contributed by atoms with Crippen LogP contribution in [0.15, 0.2) is 41.2 Å².